The minimum Gasteiger partial charge on any atom is -0.488 e. The fraction of sp³-hybridized carbons (Fsp3) is 0.130. The quantitative estimate of drug-likeness (QED) is 0.507. The molecule has 0 aliphatic rings. The first-order chi connectivity index (χ1) is 15.0. The number of rotatable bonds is 8. The molecule has 0 fully saturated rings. The molecule has 160 valence electrons. The topological polar surface area (TPSA) is 67.4 Å². The molecule has 8 heteroatoms. The number of halogens is 3. The summed E-state index contributed by atoms with van der Waals surface area (Å²) in [6, 6.07) is 17.1. The van der Waals surface area contributed by atoms with Gasteiger partial charge in [0.05, 0.1) is 5.56 Å². The van der Waals surface area contributed by atoms with E-state index in [0.717, 1.165) is 17.7 Å². The SMILES string of the molecule is O=C(NCCNC(=O)c1c(F)cccc1F)c1ccccc1OCc1ccc(Cl)cc1. The summed E-state index contributed by atoms with van der Waals surface area (Å²) in [7, 11) is 0. The normalized spacial score (nSPS) is 10.4. The lowest BCUT2D eigenvalue weighted by Gasteiger charge is -2.12. The molecule has 0 aromatic heterocycles. The summed E-state index contributed by atoms with van der Waals surface area (Å²) in [5, 5.41) is 5.64. The van der Waals surface area contributed by atoms with Gasteiger partial charge in [-0.2, -0.15) is 0 Å². The zero-order valence-electron chi connectivity index (χ0n) is 16.3. The van der Waals surface area contributed by atoms with Gasteiger partial charge >= 0.3 is 0 Å². The smallest absolute Gasteiger partial charge is 0.257 e. The van der Waals surface area contributed by atoms with Crippen LogP contribution in [0.25, 0.3) is 0 Å². The number of carbonyl (C=O) groups is 2. The van der Waals surface area contributed by atoms with Crippen LogP contribution in [0.3, 0.4) is 0 Å². The molecule has 2 amide bonds. The average molecular weight is 445 g/mol. The van der Waals surface area contributed by atoms with Crippen LogP contribution in [0.1, 0.15) is 26.3 Å². The second kappa shape index (κ2) is 10.5. The maximum atomic E-state index is 13.6. The third-order valence-corrected chi connectivity index (χ3v) is 4.58. The molecule has 0 saturated carbocycles. The third kappa shape index (κ3) is 6.02. The Bertz CT molecular complexity index is 1050. The third-order valence-electron chi connectivity index (χ3n) is 4.33. The van der Waals surface area contributed by atoms with Gasteiger partial charge in [0.1, 0.15) is 29.6 Å². The van der Waals surface area contributed by atoms with E-state index in [1.165, 1.54) is 6.07 Å². The van der Waals surface area contributed by atoms with Crippen molar-refractivity contribution in [1.29, 1.82) is 0 Å². The van der Waals surface area contributed by atoms with Crippen molar-refractivity contribution in [2.24, 2.45) is 0 Å². The number of amides is 2. The molecular formula is C23H19ClF2N2O3. The lowest BCUT2D eigenvalue weighted by molar-refractivity contribution is 0.0920. The van der Waals surface area contributed by atoms with Crippen LogP contribution in [0.2, 0.25) is 5.02 Å². The fourth-order valence-corrected chi connectivity index (χ4v) is 2.90. The Kier molecular flexibility index (Phi) is 7.56. The molecule has 0 atom stereocenters. The standard InChI is InChI=1S/C23H19ClF2N2O3/c24-16-10-8-15(9-11-16)14-31-20-7-2-1-4-17(20)22(29)27-12-13-28-23(30)21-18(25)5-3-6-19(21)26/h1-11H,12-14H2,(H,27,29)(H,28,30). The van der Waals surface area contributed by atoms with Crippen LogP contribution in [0.15, 0.2) is 66.7 Å². The van der Waals surface area contributed by atoms with Gasteiger partial charge in [-0.1, -0.05) is 41.9 Å². The number of ether oxygens (including phenoxy) is 1. The zero-order chi connectivity index (χ0) is 22.2. The average Bonchev–Trinajstić information content (AvgIpc) is 2.76. The molecule has 3 aromatic rings. The van der Waals surface area contributed by atoms with E-state index in [4.69, 9.17) is 16.3 Å². The Labute approximate surface area is 183 Å². The monoisotopic (exact) mass is 444 g/mol. The van der Waals surface area contributed by atoms with Crippen LogP contribution >= 0.6 is 11.6 Å². The van der Waals surface area contributed by atoms with Crippen molar-refractivity contribution in [2.75, 3.05) is 13.1 Å². The van der Waals surface area contributed by atoms with Crippen molar-refractivity contribution >= 4 is 23.4 Å². The molecule has 0 heterocycles. The molecule has 0 aliphatic carbocycles. The Morgan fingerprint density at radius 3 is 2.10 bits per heavy atom. The van der Waals surface area contributed by atoms with E-state index in [1.54, 1.807) is 36.4 Å². The number of hydrogen-bond acceptors (Lipinski definition) is 3. The Morgan fingerprint density at radius 2 is 1.42 bits per heavy atom. The van der Waals surface area contributed by atoms with Gasteiger partial charge in [0.25, 0.3) is 11.8 Å². The van der Waals surface area contributed by atoms with Gasteiger partial charge < -0.3 is 15.4 Å². The van der Waals surface area contributed by atoms with Crippen LogP contribution in [0.5, 0.6) is 5.75 Å². The molecular weight excluding hydrogens is 426 g/mol. The summed E-state index contributed by atoms with van der Waals surface area (Å²) < 4.78 is 33.0. The molecule has 0 unspecified atom stereocenters. The highest BCUT2D eigenvalue weighted by Gasteiger charge is 2.17. The highest BCUT2D eigenvalue weighted by Crippen LogP contribution is 2.20. The van der Waals surface area contributed by atoms with Crippen molar-refractivity contribution in [3.8, 4) is 5.75 Å². The minimum absolute atomic E-state index is 0.00779. The molecule has 0 spiro atoms. The molecule has 3 aromatic carbocycles. The van der Waals surface area contributed by atoms with E-state index >= 15 is 0 Å². The van der Waals surface area contributed by atoms with Gasteiger partial charge in [-0.3, -0.25) is 9.59 Å². The number of para-hydroxylation sites is 1. The summed E-state index contributed by atoms with van der Waals surface area (Å²) in [6.07, 6.45) is 0. The lowest BCUT2D eigenvalue weighted by Crippen LogP contribution is -2.35. The highest BCUT2D eigenvalue weighted by atomic mass is 35.5. The molecule has 0 saturated heterocycles. The Morgan fingerprint density at radius 1 is 0.806 bits per heavy atom. The largest absolute Gasteiger partial charge is 0.488 e. The number of benzene rings is 3. The minimum atomic E-state index is -0.951. The fourth-order valence-electron chi connectivity index (χ4n) is 2.77. The molecule has 5 nitrogen and oxygen atoms in total. The van der Waals surface area contributed by atoms with Gasteiger partial charge in [-0.05, 0) is 42.0 Å². The van der Waals surface area contributed by atoms with Crippen LogP contribution in [0.4, 0.5) is 8.78 Å². The van der Waals surface area contributed by atoms with E-state index in [-0.39, 0.29) is 19.7 Å². The van der Waals surface area contributed by atoms with Crippen LogP contribution < -0.4 is 15.4 Å². The Hall–Kier alpha value is -3.45. The van der Waals surface area contributed by atoms with Gasteiger partial charge in [-0.15, -0.1) is 0 Å². The van der Waals surface area contributed by atoms with Gasteiger partial charge in [0.2, 0.25) is 0 Å². The predicted octanol–water partition coefficient (Wildman–Crippen LogP) is 4.36. The summed E-state index contributed by atoms with van der Waals surface area (Å²) in [5.41, 5.74) is 0.556. The molecule has 0 bridgehead atoms. The summed E-state index contributed by atoms with van der Waals surface area (Å²) >= 11 is 5.87. The lowest BCUT2D eigenvalue weighted by atomic mass is 10.2. The zero-order valence-corrected chi connectivity index (χ0v) is 17.1. The van der Waals surface area contributed by atoms with Gasteiger partial charge in [0.15, 0.2) is 0 Å². The number of hydrogen-bond donors (Lipinski definition) is 2. The van der Waals surface area contributed by atoms with Crippen LogP contribution in [-0.4, -0.2) is 24.9 Å². The van der Waals surface area contributed by atoms with Crippen molar-refractivity contribution < 1.29 is 23.1 Å². The summed E-state index contributed by atoms with van der Waals surface area (Å²) in [5.74, 6) is -2.80. The molecule has 31 heavy (non-hydrogen) atoms. The maximum absolute atomic E-state index is 13.6. The van der Waals surface area contributed by atoms with Gasteiger partial charge in [0, 0.05) is 18.1 Å². The van der Waals surface area contributed by atoms with E-state index in [0.29, 0.717) is 16.3 Å². The van der Waals surface area contributed by atoms with Gasteiger partial charge in [-0.25, -0.2) is 8.78 Å². The van der Waals surface area contributed by atoms with E-state index in [1.807, 2.05) is 12.1 Å². The molecule has 3 rings (SSSR count). The van der Waals surface area contributed by atoms with Crippen molar-refractivity contribution in [1.82, 2.24) is 10.6 Å². The number of nitrogens with one attached hydrogen (secondary N) is 2. The van der Waals surface area contributed by atoms with Crippen LogP contribution in [0, 0.1) is 11.6 Å². The second-order valence-electron chi connectivity index (χ2n) is 6.52. The Balaban J connectivity index is 1.52. The van der Waals surface area contributed by atoms with Crippen LogP contribution in [-0.2, 0) is 6.61 Å². The first kappa shape index (κ1) is 22.2. The summed E-state index contributed by atoms with van der Waals surface area (Å²) in [4.78, 5) is 24.5. The molecule has 0 radical (unpaired) electrons. The molecule has 0 aliphatic heterocycles. The molecule has 2 N–H and O–H groups in total. The van der Waals surface area contributed by atoms with E-state index in [9.17, 15) is 18.4 Å². The van der Waals surface area contributed by atoms with Crippen molar-refractivity contribution in [2.45, 2.75) is 6.61 Å². The van der Waals surface area contributed by atoms with E-state index < -0.39 is 29.0 Å². The van der Waals surface area contributed by atoms with Crippen molar-refractivity contribution in [3.63, 3.8) is 0 Å². The maximum Gasteiger partial charge on any atom is 0.257 e. The first-order valence-electron chi connectivity index (χ1n) is 9.42. The second-order valence-corrected chi connectivity index (χ2v) is 6.96. The predicted molar refractivity (Wildman–Crippen MR) is 113 cm³/mol. The highest BCUT2D eigenvalue weighted by molar-refractivity contribution is 6.30. The summed E-state index contributed by atoms with van der Waals surface area (Å²) in [6.45, 7) is 0.310. The van der Waals surface area contributed by atoms with E-state index in [2.05, 4.69) is 10.6 Å². The first-order valence-corrected chi connectivity index (χ1v) is 9.80. The van der Waals surface area contributed by atoms with Crippen molar-refractivity contribution in [3.05, 3.63) is 100 Å². The number of carbonyl (C=O) groups excluding carboxylic acids is 2.